The second-order valence-electron chi connectivity index (χ2n) is 9.50. The van der Waals surface area contributed by atoms with E-state index in [9.17, 15) is 14.7 Å². The molecule has 14 heteroatoms. The number of carboxylic acids is 1. The van der Waals surface area contributed by atoms with Gasteiger partial charge in [-0.15, -0.1) is 12.4 Å². The third kappa shape index (κ3) is 8.62. The number of benzene rings is 2. The number of nitrogens with zero attached hydrogens (tertiary/aromatic N) is 3. The summed E-state index contributed by atoms with van der Waals surface area (Å²) in [6.45, 7) is 1.26. The molecule has 0 aliphatic heterocycles. The van der Waals surface area contributed by atoms with E-state index in [0.29, 0.717) is 53.3 Å². The summed E-state index contributed by atoms with van der Waals surface area (Å²) in [6.07, 6.45) is 3.27. The minimum atomic E-state index is -1.32. The van der Waals surface area contributed by atoms with Crippen LogP contribution in [0.2, 0.25) is 0 Å². The third-order valence-corrected chi connectivity index (χ3v) is 6.59. The lowest BCUT2D eigenvalue weighted by Gasteiger charge is -2.13. The zero-order valence-corrected chi connectivity index (χ0v) is 25.6. The number of pyridine rings is 1. The van der Waals surface area contributed by atoms with Crippen molar-refractivity contribution in [2.45, 2.75) is 13.0 Å². The number of aromatic nitrogens is 3. The third-order valence-electron chi connectivity index (χ3n) is 6.59. The lowest BCUT2D eigenvalue weighted by atomic mass is 10.0. The maximum absolute atomic E-state index is 12.9. The molecule has 0 radical (unpaired) electrons. The number of hydrogen-bond acceptors (Lipinski definition) is 11. The highest BCUT2D eigenvalue weighted by atomic mass is 35.5. The lowest BCUT2D eigenvalue weighted by molar-refractivity contribution is 0.0311. The van der Waals surface area contributed by atoms with Gasteiger partial charge in [-0.05, 0) is 35.9 Å². The SMILES string of the molecule is COc1cc(Cc2cnc(N)nc2N)cc(C#Cc2ccc3c(=O)c(C(=O)O)cn(CCOCCOCCO)c3c2)c1OC.Cl. The molecule has 45 heavy (non-hydrogen) atoms. The second-order valence-corrected chi connectivity index (χ2v) is 9.50. The molecule has 0 fully saturated rings. The van der Waals surface area contributed by atoms with E-state index in [1.807, 2.05) is 12.1 Å². The summed E-state index contributed by atoms with van der Waals surface area (Å²) in [5.41, 5.74) is 13.9. The van der Waals surface area contributed by atoms with Gasteiger partial charge in [-0.1, -0.05) is 11.8 Å². The molecular formula is C31H34ClN5O8. The van der Waals surface area contributed by atoms with Gasteiger partial charge < -0.3 is 45.2 Å². The molecule has 2 aromatic carbocycles. The average Bonchev–Trinajstić information content (AvgIpc) is 3.01. The van der Waals surface area contributed by atoms with Gasteiger partial charge in [0, 0.05) is 41.9 Å². The number of carbonyl (C=O) groups is 1. The number of ether oxygens (including phenoxy) is 4. The molecule has 4 rings (SSSR count). The van der Waals surface area contributed by atoms with Gasteiger partial charge >= 0.3 is 5.97 Å². The minimum Gasteiger partial charge on any atom is -0.493 e. The van der Waals surface area contributed by atoms with E-state index < -0.39 is 11.4 Å². The predicted octanol–water partition coefficient (Wildman–Crippen LogP) is 2.11. The summed E-state index contributed by atoms with van der Waals surface area (Å²) < 4.78 is 23.6. The maximum atomic E-state index is 12.9. The number of nitrogens with two attached hydrogens (primary N) is 2. The van der Waals surface area contributed by atoms with Crippen molar-refractivity contribution in [1.29, 1.82) is 0 Å². The molecule has 0 unspecified atom stereocenters. The largest absolute Gasteiger partial charge is 0.493 e. The van der Waals surface area contributed by atoms with Gasteiger partial charge in [-0.3, -0.25) is 4.79 Å². The van der Waals surface area contributed by atoms with E-state index >= 15 is 0 Å². The molecule has 0 aliphatic carbocycles. The first-order chi connectivity index (χ1) is 21.2. The molecule has 0 saturated carbocycles. The van der Waals surface area contributed by atoms with Crippen LogP contribution in [0.25, 0.3) is 10.9 Å². The summed E-state index contributed by atoms with van der Waals surface area (Å²) in [7, 11) is 3.05. The van der Waals surface area contributed by atoms with E-state index in [0.717, 1.165) is 5.56 Å². The van der Waals surface area contributed by atoms with Crippen LogP contribution in [0.3, 0.4) is 0 Å². The first-order valence-electron chi connectivity index (χ1n) is 13.6. The Kier molecular flexibility index (Phi) is 12.5. The molecule has 238 valence electrons. The Hall–Kier alpha value is -4.87. The van der Waals surface area contributed by atoms with Gasteiger partial charge in [-0.2, -0.15) is 4.98 Å². The number of nitrogen functional groups attached to an aromatic ring is 2. The van der Waals surface area contributed by atoms with Crippen molar-refractivity contribution >= 4 is 41.0 Å². The van der Waals surface area contributed by atoms with Crippen LogP contribution in [-0.2, 0) is 22.4 Å². The van der Waals surface area contributed by atoms with Gasteiger partial charge in [0.2, 0.25) is 11.4 Å². The quantitative estimate of drug-likeness (QED) is 0.123. The Balaban J connectivity index is 0.00000552. The zero-order chi connectivity index (χ0) is 31.6. The Bertz CT molecular complexity index is 1780. The number of methoxy groups -OCH3 is 2. The van der Waals surface area contributed by atoms with Crippen LogP contribution in [0, 0.1) is 11.8 Å². The molecule has 4 aromatic rings. The number of fused-ring (bicyclic) bond motifs is 1. The maximum Gasteiger partial charge on any atom is 0.341 e. The number of anilines is 2. The fraction of sp³-hybridized carbons (Fsp3) is 0.290. The smallest absolute Gasteiger partial charge is 0.341 e. The van der Waals surface area contributed by atoms with E-state index in [-0.39, 0.29) is 61.5 Å². The standard InChI is InChI=1S/C31H33N5O8.ClH/c1-41-26-16-20(14-22-17-34-31(33)35-29(22)32)13-21(28(26)42-2)5-3-19-4-6-23-25(15-19)36(18-24(27(23)38)30(39)40)7-9-43-11-12-44-10-8-37;/h4,6,13,15-18,37H,7-12,14H2,1-2H3,(H,39,40)(H4,32,33,34,35);1H. The normalized spacial score (nSPS) is 10.6. The molecule has 13 nitrogen and oxygen atoms in total. The molecule has 0 amide bonds. The van der Waals surface area contributed by atoms with Crippen LogP contribution in [0.4, 0.5) is 11.8 Å². The highest BCUT2D eigenvalue weighted by Gasteiger charge is 2.16. The van der Waals surface area contributed by atoms with Gasteiger partial charge in [0.25, 0.3) is 0 Å². The molecule has 0 aliphatic rings. The zero-order valence-electron chi connectivity index (χ0n) is 24.7. The van der Waals surface area contributed by atoms with E-state index in [1.54, 1.807) is 29.0 Å². The Morgan fingerprint density at radius 1 is 1.02 bits per heavy atom. The van der Waals surface area contributed by atoms with Crippen LogP contribution in [-0.4, -0.2) is 78.0 Å². The van der Waals surface area contributed by atoms with Crippen molar-refractivity contribution in [3.8, 4) is 23.3 Å². The number of halogens is 1. The molecule has 0 spiro atoms. The topological polar surface area (TPSA) is 194 Å². The van der Waals surface area contributed by atoms with Gasteiger partial charge in [0.15, 0.2) is 11.5 Å². The first-order valence-corrected chi connectivity index (χ1v) is 13.6. The second kappa shape index (κ2) is 16.3. The fourth-order valence-electron chi connectivity index (χ4n) is 4.50. The molecular weight excluding hydrogens is 606 g/mol. The number of aromatic carboxylic acids is 1. The first kappa shape index (κ1) is 34.6. The predicted molar refractivity (Wildman–Crippen MR) is 170 cm³/mol. The van der Waals surface area contributed by atoms with Gasteiger partial charge in [-0.25, -0.2) is 9.78 Å². The van der Waals surface area contributed by atoms with Crippen LogP contribution >= 0.6 is 12.4 Å². The number of aliphatic hydroxyl groups excluding tert-OH is 1. The molecule has 2 heterocycles. The Labute approximate surface area is 265 Å². The molecule has 0 saturated heterocycles. The molecule has 2 aromatic heterocycles. The molecule has 0 atom stereocenters. The number of carboxylic acid groups (broad SMARTS) is 1. The van der Waals surface area contributed by atoms with Crippen molar-refractivity contribution in [2.75, 3.05) is 58.7 Å². The van der Waals surface area contributed by atoms with Crippen molar-refractivity contribution in [2.24, 2.45) is 0 Å². The van der Waals surface area contributed by atoms with Crippen molar-refractivity contribution < 1.29 is 34.0 Å². The van der Waals surface area contributed by atoms with Crippen molar-refractivity contribution in [3.05, 3.63) is 80.8 Å². The van der Waals surface area contributed by atoms with Crippen LogP contribution in [0.5, 0.6) is 11.5 Å². The highest BCUT2D eigenvalue weighted by Crippen LogP contribution is 2.33. The Morgan fingerprint density at radius 3 is 2.44 bits per heavy atom. The van der Waals surface area contributed by atoms with Crippen LogP contribution in [0.1, 0.15) is 32.6 Å². The molecule has 0 bridgehead atoms. The Morgan fingerprint density at radius 2 is 1.78 bits per heavy atom. The summed E-state index contributed by atoms with van der Waals surface area (Å²) in [5.74, 6) is 6.20. The van der Waals surface area contributed by atoms with E-state index in [4.69, 9.17) is 35.5 Å². The number of hydrogen-bond donors (Lipinski definition) is 4. The highest BCUT2D eigenvalue weighted by molar-refractivity contribution is 5.93. The van der Waals surface area contributed by atoms with Gasteiger partial charge in [0.1, 0.15) is 11.4 Å². The van der Waals surface area contributed by atoms with E-state index in [2.05, 4.69) is 21.8 Å². The summed E-state index contributed by atoms with van der Waals surface area (Å²) >= 11 is 0. The lowest BCUT2D eigenvalue weighted by Crippen LogP contribution is -2.20. The van der Waals surface area contributed by atoms with Crippen LogP contribution in [0.15, 0.2) is 47.5 Å². The van der Waals surface area contributed by atoms with Gasteiger partial charge in [0.05, 0.1) is 58.3 Å². The van der Waals surface area contributed by atoms with E-state index in [1.165, 1.54) is 20.4 Å². The minimum absolute atomic E-state index is 0. The molecule has 6 N–H and O–H groups in total. The monoisotopic (exact) mass is 639 g/mol. The van der Waals surface area contributed by atoms with Crippen molar-refractivity contribution in [3.63, 3.8) is 0 Å². The van der Waals surface area contributed by atoms with Crippen molar-refractivity contribution in [1.82, 2.24) is 14.5 Å². The average molecular weight is 640 g/mol. The number of rotatable bonds is 13. The van der Waals surface area contributed by atoms with Crippen LogP contribution < -0.4 is 26.4 Å². The summed E-state index contributed by atoms with van der Waals surface area (Å²) in [6, 6.07) is 8.60. The number of aliphatic hydroxyl groups is 1. The fourth-order valence-corrected chi connectivity index (χ4v) is 4.50. The summed E-state index contributed by atoms with van der Waals surface area (Å²) in [4.78, 5) is 32.7. The summed E-state index contributed by atoms with van der Waals surface area (Å²) in [5, 5.41) is 18.6.